The number of fused-ring (bicyclic) bond motifs is 2. The van der Waals surface area contributed by atoms with Crippen molar-refractivity contribution in [3.8, 4) is 22.9 Å². The summed E-state index contributed by atoms with van der Waals surface area (Å²) in [5, 5.41) is 6.86. The van der Waals surface area contributed by atoms with E-state index < -0.39 is 0 Å². The fourth-order valence-electron chi connectivity index (χ4n) is 4.25. The molecule has 4 aromatic rings. The number of unbranched alkanes of at least 4 members (excludes halogenated alkanes) is 1. The first-order valence-corrected chi connectivity index (χ1v) is 12.1. The number of rotatable bonds is 11. The maximum absolute atomic E-state index is 5.54. The Morgan fingerprint density at radius 2 is 1.56 bits per heavy atom. The van der Waals surface area contributed by atoms with E-state index in [1.54, 1.807) is 14.2 Å². The zero-order valence-electron chi connectivity index (χ0n) is 20.6. The van der Waals surface area contributed by atoms with Crippen LogP contribution in [0.25, 0.3) is 33.1 Å². The molecule has 178 valence electrons. The summed E-state index contributed by atoms with van der Waals surface area (Å²) in [7, 11) is 3.29. The van der Waals surface area contributed by atoms with E-state index in [2.05, 4.69) is 66.5 Å². The molecule has 4 rings (SSSR count). The van der Waals surface area contributed by atoms with Crippen molar-refractivity contribution < 1.29 is 9.47 Å². The van der Waals surface area contributed by atoms with Gasteiger partial charge in [0.25, 0.3) is 0 Å². The maximum atomic E-state index is 5.54. The molecule has 0 aliphatic carbocycles. The number of benzene rings is 3. The van der Waals surface area contributed by atoms with Gasteiger partial charge in [0, 0.05) is 23.6 Å². The van der Waals surface area contributed by atoms with Gasteiger partial charge in [-0.05, 0) is 55.4 Å². The molecule has 1 aromatic heterocycles. The molecule has 0 radical (unpaired) electrons. The van der Waals surface area contributed by atoms with Crippen LogP contribution in [0.2, 0.25) is 0 Å². The van der Waals surface area contributed by atoms with Gasteiger partial charge in [0.1, 0.15) is 5.82 Å². The van der Waals surface area contributed by atoms with Gasteiger partial charge < -0.3 is 19.7 Å². The lowest BCUT2D eigenvalue weighted by Crippen LogP contribution is -2.24. The standard InChI is InChI=1S/C28H34N4O2/c1-5-32(6-2)16-10-9-15-29-28-23-18-25(33-3)26(34-4)19-24(23)30-27(31-28)22-14-13-20-11-7-8-12-21(20)17-22/h7-8,11-14,17-19H,5-6,9-10,15-16H2,1-4H3,(H,29,30,31). The average molecular weight is 459 g/mol. The highest BCUT2D eigenvalue weighted by molar-refractivity contribution is 5.94. The molecule has 6 heteroatoms. The maximum Gasteiger partial charge on any atom is 0.162 e. The van der Waals surface area contributed by atoms with Gasteiger partial charge in [0.15, 0.2) is 17.3 Å². The Morgan fingerprint density at radius 1 is 0.824 bits per heavy atom. The summed E-state index contributed by atoms with van der Waals surface area (Å²) in [6, 6.07) is 18.6. The Balaban J connectivity index is 1.67. The normalized spacial score (nSPS) is 11.3. The molecule has 6 nitrogen and oxygen atoms in total. The smallest absolute Gasteiger partial charge is 0.162 e. The van der Waals surface area contributed by atoms with Crippen LogP contribution in [-0.2, 0) is 0 Å². The fourth-order valence-corrected chi connectivity index (χ4v) is 4.25. The third kappa shape index (κ3) is 5.23. The predicted molar refractivity (Wildman–Crippen MR) is 141 cm³/mol. The third-order valence-corrected chi connectivity index (χ3v) is 6.30. The van der Waals surface area contributed by atoms with Crippen LogP contribution in [-0.4, -0.2) is 55.3 Å². The van der Waals surface area contributed by atoms with E-state index in [4.69, 9.17) is 19.4 Å². The molecule has 0 aliphatic rings. The zero-order valence-corrected chi connectivity index (χ0v) is 20.6. The molecular weight excluding hydrogens is 424 g/mol. The highest BCUT2D eigenvalue weighted by Crippen LogP contribution is 2.35. The number of hydrogen-bond donors (Lipinski definition) is 1. The topological polar surface area (TPSA) is 59.5 Å². The zero-order chi connectivity index (χ0) is 23.9. The van der Waals surface area contributed by atoms with Crippen LogP contribution in [0.15, 0.2) is 54.6 Å². The van der Waals surface area contributed by atoms with Gasteiger partial charge in [-0.15, -0.1) is 0 Å². The van der Waals surface area contributed by atoms with Gasteiger partial charge in [-0.1, -0.05) is 50.2 Å². The molecule has 0 spiro atoms. The Bertz CT molecular complexity index is 1250. The molecule has 0 saturated carbocycles. The van der Waals surface area contributed by atoms with E-state index in [-0.39, 0.29) is 0 Å². The largest absolute Gasteiger partial charge is 0.493 e. The molecule has 0 atom stereocenters. The molecular formula is C28H34N4O2. The number of nitrogens with zero attached hydrogens (tertiary/aromatic N) is 3. The van der Waals surface area contributed by atoms with E-state index >= 15 is 0 Å². The molecule has 34 heavy (non-hydrogen) atoms. The summed E-state index contributed by atoms with van der Waals surface area (Å²) in [5.74, 6) is 2.83. The van der Waals surface area contributed by atoms with Crippen LogP contribution in [0.4, 0.5) is 5.82 Å². The van der Waals surface area contributed by atoms with E-state index in [1.165, 1.54) is 10.8 Å². The minimum Gasteiger partial charge on any atom is -0.493 e. The van der Waals surface area contributed by atoms with E-state index in [0.29, 0.717) is 17.3 Å². The summed E-state index contributed by atoms with van der Waals surface area (Å²) in [6.07, 6.45) is 2.22. The van der Waals surface area contributed by atoms with Crippen LogP contribution in [0.3, 0.4) is 0 Å². The van der Waals surface area contributed by atoms with Crippen LogP contribution in [0.5, 0.6) is 11.5 Å². The van der Waals surface area contributed by atoms with Gasteiger partial charge >= 0.3 is 0 Å². The lowest BCUT2D eigenvalue weighted by atomic mass is 10.1. The number of aromatic nitrogens is 2. The second kappa shape index (κ2) is 11.2. The van der Waals surface area contributed by atoms with Crippen LogP contribution < -0.4 is 14.8 Å². The number of ether oxygens (including phenoxy) is 2. The monoisotopic (exact) mass is 458 g/mol. The molecule has 0 fully saturated rings. The molecule has 0 saturated heterocycles. The van der Waals surface area contributed by atoms with Crippen LogP contribution in [0, 0.1) is 0 Å². The van der Waals surface area contributed by atoms with Crippen molar-refractivity contribution in [2.24, 2.45) is 0 Å². The Hall–Kier alpha value is -3.38. The first kappa shape index (κ1) is 23.8. The fraction of sp³-hybridized carbons (Fsp3) is 0.357. The Labute approximate surface area is 201 Å². The van der Waals surface area contributed by atoms with Gasteiger partial charge in [0.05, 0.1) is 19.7 Å². The number of anilines is 1. The van der Waals surface area contributed by atoms with Gasteiger partial charge in [-0.3, -0.25) is 0 Å². The van der Waals surface area contributed by atoms with Crippen molar-refractivity contribution >= 4 is 27.5 Å². The second-order valence-corrected chi connectivity index (χ2v) is 8.34. The predicted octanol–water partition coefficient (Wildman–Crippen LogP) is 6.00. The average Bonchev–Trinajstić information content (AvgIpc) is 2.89. The highest BCUT2D eigenvalue weighted by atomic mass is 16.5. The second-order valence-electron chi connectivity index (χ2n) is 8.34. The molecule has 0 aliphatic heterocycles. The van der Waals surface area contributed by atoms with Gasteiger partial charge in [0.2, 0.25) is 0 Å². The lowest BCUT2D eigenvalue weighted by Gasteiger charge is -2.18. The minimum absolute atomic E-state index is 0.656. The quantitative estimate of drug-likeness (QED) is 0.278. The van der Waals surface area contributed by atoms with Crippen molar-refractivity contribution in [1.29, 1.82) is 0 Å². The highest BCUT2D eigenvalue weighted by Gasteiger charge is 2.14. The number of nitrogens with one attached hydrogen (secondary N) is 1. The van der Waals surface area contributed by atoms with Gasteiger partial charge in [-0.2, -0.15) is 0 Å². The van der Waals surface area contributed by atoms with Crippen LogP contribution >= 0.6 is 0 Å². The first-order valence-electron chi connectivity index (χ1n) is 12.1. The van der Waals surface area contributed by atoms with Crippen molar-refractivity contribution in [2.45, 2.75) is 26.7 Å². The lowest BCUT2D eigenvalue weighted by molar-refractivity contribution is 0.298. The number of methoxy groups -OCH3 is 2. The van der Waals surface area contributed by atoms with E-state index in [0.717, 1.165) is 61.3 Å². The molecule has 0 amide bonds. The summed E-state index contributed by atoms with van der Waals surface area (Å²) >= 11 is 0. The van der Waals surface area contributed by atoms with Crippen molar-refractivity contribution in [1.82, 2.24) is 14.9 Å². The van der Waals surface area contributed by atoms with Gasteiger partial charge in [-0.25, -0.2) is 9.97 Å². The molecule has 0 unspecified atom stereocenters. The van der Waals surface area contributed by atoms with E-state index in [1.807, 2.05) is 12.1 Å². The minimum atomic E-state index is 0.656. The molecule has 1 heterocycles. The van der Waals surface area contributed by atoms with Crippen molar-refractivity contribution in [3.05, 3.63) is 54.6 Å². The number of hydrogen-bond acceptors (Lipinski definition) is 6. The summed E-state index contributed by atoms with van der Waals surface area (Å²) in [4.78, 5) is 12.3. The summed E-state index contributed by atoms with van der Waals surface area (Å²) < 4.78 is 11.1. The van der Waals surface area contributed by atoms with E-state index in [9.17, 15) is 0 Å². The summed E-state index contributed by atoms with van der Waals surface area (Å²) in [6.45, 7) is 8.58. The Morgan fingerprint density at radius 3 is 2.29 bits per heavy atom. The SMILES string of the molecule is CCN(CC)CCCCNc1nc(-c2ccc3ccccc3c2)nc2cc(OC)c(OC)cc12. The van der Waals surface area contributed by atoms with Crippen molar-refractivity contribution in [3.63, 3.8) is 0 Å². The summed E-state index contributed by atoms with van der Waals surface area (Å²) in [5.41, 5.74) is 1.81. The molecule has 1 N–H and O–H groups in total. The molecule has 0 bridgehead atoms. The third-order valence-electron chi connectivity index (χ3n) is 6.30. The Kier molecular flexibility index (Phi) is 7.80. The first-order chi connectivity index (χ1) is 16.7. The van der Waals surface area contributed by atoms with Crippen molar-refractivity contribution in [2.75, 3.05) is 45.7 Å². The molecule has 3 aromatic carbocycles. The van der Waals surface area contributed by atoms with Crippen LogP contribution in [0.1, 0.15) is 26.7 Å².